The zero-order valence-electron chi connectivity index (χ0n) is 12.3. The Bertz CT molecular complexity index is 718. The predicted octanol–water partition coefficient (Wildman–Crippen LogP) is 4.13. The second-order valence-electron chi connectivity index (χ2n) is 5.40. The molecule has 22 heavy (non-hydrogen) atoms. The molecule has 3 rings (SSSR count). The fourth-order valence-electron chi connectivity index (χ4n) is 2.80. The summed E-state index contributed by atoms with van der Waals surface area (Å²) in [5.41, 5.74) is 3.52. The number of rotatable bonds is 2. The van der Waals surface area contributed by atoms with Crippen LogP contribution < -0.4 is 0 Å². The number of nitrogens with zero attached hydrogens (tertiary/aromatic N) is 1. The van der Waals surface area contributed by atoms with Gasteiger partial charge in [0.25, 0.3) is 0 Å². The summed E-state index contributed by atoms with van der Waals surface area (Å²) in [6.45, 7) is 4.13. The van der Waals surface area contributed by atoms with Crippen LogP contribution in [0.5, 0.6) is 0 Å². The number of esters is 1. The molecule has 1 atom stereocenters. The number of carbonyl (C=O) groups excluding carboxylic acids is 1. The topological polar surface area (TPSA) is 52.3 Å². The van der Waals surface area contributed by atoms with Crippen molar-refractivity contribution < 1.29 is 14.1 Å². The standard InChI is InChI=1S/C17H16ClNO3/c1-10-3-4-12(17(20)21-2)9-14-15(10)16(19-22-14)11-5-7-13(18)8-6-11/h5-8,12H,1,3-4,9H2,2H3. The highest BCUT2D eigenvalue weighted by Gasteiger charge is 2.30. The summed E-state index contributed by atoms with van der Waals surface area (Å²) >= 11 is 5.93. The lowest BCUT2D eigenvalue weighted by atomic mass is 9.99. The Morgan fingerprint density at radius 2 is 2.14 bits per heavy atom. The minimum absolute atomic E-state index is 0.214. The van der Waals surface area contributed by atoms with Gasteiger partial charge in [0.1, 0.15) is 11.5 Å². The number of hydrogen-bond acceptors (Lipinski definition) is 4. The van der Waals surface area contributed by atoms with Gasteiger partial charge >= 0.3 is 5.97 Å². The average molecular weight is 318 g/mol. The third kappa shape index (κ3) is 2.66. The quantitative estimate of drug-likeness (QED) is 0.617. The SMILES string of the molecule is C=C1CCC(C(=O)OC)Cc2onc(-c3ccc(Cl)cc3)c21. The summed E-state index contributed by atoms with van der Waals surface area (Å²) in [7, 11) is 1.41. The first-order valence-corrected chi connectivity index (χ1v) is 7.48. The van der Waals surface area contributed by atoms with Crippen LogP contribution in [0.4, 0.5) is 0 Å². The molecule has 4 nitrogen and oxygen atoms in total. The molecule has 2 aromatic rings. The van der Waals surface area contributed by atoms with Crippen molar-refractivity contribution in [3.63, 3.8) is 0 Å². The number of fused-ring (bicyclic) bond motifs is 1. The summed E-state index contributed by atoms with van der Waals surface area (Å²) in [5.74, 6) is 0.266. The Balaban J connectivity index is 2.01. The van der Waals surface area contributed by atoms with Gasteiger partial charge in [-0.25, -0.2) is 0 Å². The molecular formula is C17H16ClNO3. The van der Waals surface area contributed by atoms with Gasteiger partial charge in [-0.05, 0) is 30.5 Å². The van der Waals surface area contributed by atoms with Crippen LogP contribution in [0.25, 0.3) is 16.8 Å². The molecule has 0 saturated heterocycles. The zero-order valence-corrected chi connectivity index (χ0v) is 13.0. The molecule has 0 amide bonds. The maximum absolute atomic E-state index is 11.8. The molecule has 0 radical (unpaired) electrons. The number of aromatic nitrogens is 1. The van der Waals surface area contributed by atoms with Crippen molar-refractivity contribution >= 4 is 23.1 Å². The lowest BCUT2D eigenvalue weighted by Gasteiger charge is -2.09. The van der Waals surface area contributed by atoms with E-state index in [1.54, 1.807) is 0 Å². The second kappa shape index (κ2) is 5.97. The molecule has 1 aliphatic rings. The molecule has 1 aromatic carbocycles. The van der Waals surface area contributed by atoms with Gasteiger partial charge in [-0.3, -0.25) is 4.79 Å². The summed E-state index contributed by atoms with van der Waals surface area (Å²) in [6, 6.07) is 7.43. The van der Waals surface area contributed by atoms with E-state index in [9.17, 15) is 4.79 Å². The third-order valence-electron chi connectivity index (χ3n) is 3.99. The molecule has 1 unspecified atom stereocenters. The van der Waals surface area contributed by atoms with Crippen LogP contribution in [0.2, 0.25) is 5.02 Å². The molecular weight excluding hydrogens is 302 g/mol. The molecule has 0 saturated carbocycles. The van der Waals surface area contributed by atoms with E-state index in [2.05, 4.69) is 11.7 Å². The highest BCUT2D eigenvalue weighted by Crippen LogP contribution is 2.38. The van der Waals surface area contributed by atoms with Crippen molar-refractivity contribution in [2.75, 3.05) is 7.11 Å². The summed E-state index contributed by atoms with van der Waals surface area (Å²) < 4.78 is 10.4. The number of allylic oxidation sites excluding steroid dienone is 1. The van der Waals surface area contributed by atoms with E-state index in [1.165, 1.54) is 7.11 Å². The Morgan fingerprint density at radius 1 is 1.41 bits per heavy atom. The zero-order chi connectivity index (χ0) is 15.7. The Kier molecular flexibility index (Phi) is 4.03. The van der Waals surface area contributed by atoms with Crippen LogP contribution in [0.3, 0.4) is 0 Å². The number of carbonyl (C=O) groups is 1. The maximum atomic E-state index is 11.8. The van der Waals surface area contributed by atoms with Gasteiger partial charge in [-0.1, -0.05) is 35.5 Å². The molecule has 0 N–H and O–H groups in total. The average Bonchev–Trinajstić information content (AvgIpc) is 2.87. The van der Waals surface area contributed by atoms with Gasteiger partial charge in [0.05, 0.1) is 13.0 Å². The van der Waals surface area contributed by atoms with E-state index < -0.39 is 0 Å². The summed E-state index contributed by atoms with van der Waals surface area (Å²) in [6.07, 6.45) is 1.91. The highest BCUT2D eigenvalue weighted by atomic mass is 35.5. The van der Waals surface area contributed by atoms with Crippen LogP contribution in [0.1, 0.15) is 24.2 Å². The van der Waals surface area contributed by atoms with Gasteiger partial charge in [0.2, 0.25) is 0 Å². The number of ether oxygens (including phenoxy) is 1. The van der Waals surface area contributed by atoms with Crippen LogP contribution in [0.15, 0.2) is 35.4 Å². The normalized spacial score (nSPS) is 17.7. The summed E-state index contributed by atoms with van der Waals surface area (Å²) in [5, 5.41) is 4.85. The fourth-order valence-corrected chi connectivity index (χ4v) is 2.93. The van der Waals surface area contributed by atoms with E-state index in [-0.39, 0.29) is 11.9 Å². The first kappa shape index (κ1) is 14.9. The second-order valence-corrected chi connectivity index (χ2v) is 5.84. The van der Waals surface area contributed by atoms with E-state index >= 15 is 0 Å². The van der Waals surface area contributed by atoms with Gasteiger partial charge in [-0.2, -0.15) is 0 Å². The molecule has 0 bridgehead atoms. The highest BCUT2D eigenvalue weighted by molar-refractivity contribution is 6.30. The van der Waals surface area contributed by atoms with Gasteiger partial charge in [0.15, 0.2) is 0 Å². The summed E-state index contributed by atoms with van der Waals surface area (Å²) in [4.78, 5) is 11.8. The number of benzene rings is 1. The lowest BCUT2D eigenvalue weighted by Crippen LogP contribution is -2.17. The smallest absolute Gasteiger partial charge is 0.309 e. The van der Waals surface area contributed by atoms with E-state index in [4.69, 9.17) is 20.9 Å². The van der Waals surface area contributed by atoms with E-state index in [1.807, 2.05) is 24.3 Å². The maximum Gasteiger partial charge on any atom is 0.309 e. The number of halogens is 1. The predicted molar refractivity (Wildman–Crippen MR) is 84.4 cm³/mol. The van der Waals surface area contributed by atoms with Gasteiger partial charge in [0, 0.05) is 22.6 Å². The minimum atomic E-state index is -0.218. The largest absolute Gasteiger partial charge is 0.469 e. The van der Waals surface area contributed by atoms with Crippen LogP contribution >= 0.6 is 11.6 Å². The third-order valence-corrected chi connectivity index (χ3v) is 4.25. The van der Waals surface area contributed by atoms with Gasteiger partial charge in [-0.15, -0.1) is 0 Å². The van der Waals surface area contributed by atoms with Crippen LogP contribution in [-0.2, 0) is 16.0 Å². The Labute approximate surface area is 133 Å². The molecule has 1 aromatic heterocycles. The first-order chi connectivity index (χ1) is 10.6. The first-order valence-electron chi connectivity index (χ1n) is 7.10. The van der Waals surface area contributed by atoms with Gasteiger partial charge < -0.3 is 9.26 Å². The molecule has 114 valence electrons. The van der Waals surface area contributed by atoms with Crippen molar-refractivity contribution in [1.29, 1.82) is 0 Å². The Hall–Kier alpha value is -2.07. The number of methoxy groups -OCH3 is 1. The van der Waals surface area contributed by atoms with Crippen molar-refractivity contribution in [2.24, 2.45) is 5.92 Å². The van der Waals surface area contributed by atoms with Crippen molar-refractivity contribution in [1.82, 2.24) is 5.16 Å². The minimum Gasteiger partial charge on any atom is -0.469 e. The lowest BCUT2D eigenvalue weighted by molar-refractivity contribution is -0.145. The van der Waals surface area contributed by atoms with E-state index in [0.717, 1.165) is 22.4 Å². The Morgan fingerprint density at radius 3 is 2.82 bits per heavy atom. The van der Waals surface area contributed by atoms with Crippen molar-refractivity contribution in [2.45, 2.75) is 19.3 Å². The van der Waals surface area contributed by atoms with E-state index in [0.29, 0.717) is 30.0 Å². The molecule has 0 spiro atoms. The monoisotopic (exact) mass is 317 g/mol. The van der Waals surface area contributed by atoms with Crippen LogP contribution in [-0.4, -0.2) is 18.2 Å². The number of hydrogen-bond donors (Lipinski definition) is 0. The van der Waals surface area contributed by atoms with Crippen molar-refractivity contribution in [3.8, 4) is 11.3 Å². The van der Waals surface area contributed by atoms with Crippen molar-refractivity contribution in [3.05, 3.63) is 47.2 Å². The fraction of sp³-hybridized carbons (Fsp3) is 0.294. The molecule has 1 aliphatic carbocycles. The molecule has 0 aliphatic heterocycles. The molecule has 5 heteroatoms. The van der Waals surface area contributed by atoms with Crippen LogP contribution in [0, 0.1) is 5.92 Å². The molecule has 1 heterocycles. The molecule has 0 fully saturated rings.